The summed E-state index contributed by atoms with van der Waals surface area (Å²) in [5.41, 5.74) is 7.15. The molecule has 150 valence electrons. The molecule has 0 aliphatic heterocycles. The van der Waals surface area contributed by atoms with E-state index in [-0.39, 0.29) is 5.91 Å². The SMILES string of the molecule is Cc1ccc(C(=O)N(Cc2nccn2Cc2c(C)cc(C)cc2C)C2CC2)cc1. The van der Waals surface area contributed by atoms with E-state index in [4.69, 9.17) is 0 Å². The Labute approximate surface area is 173 Å². The number of benzene rings is 2. The average molecular weight is 388 g/mol. The fourth-order valence-corrected chi connectivity index (χ4v) is 4.03. The van der Waals surface area contributed by atoms with Crippen LogP contribution in [0.15, 0.2) is 48.8 Å². The number of aryl methyl sites for hydroxylation is 4. The van der Waals surface area contributed by atoms with Gasteiger partial charge in [-0.1, -0.05) is 35.4 Å². The van der Waals surface area contributed by atoms with Crippen LogP contribution in [-0.4, -0.2) is 26.4 Å². The van der Waals surface area contributed by atoms with Crippen molar-refractivity contribution < 1.29 is 4.79 Å². The molecule has 0 saturated heterocycles. The van der Waals surface area contributed by atoms with Crippen molar-refractivity contribution in [3.05, 3.63) is 88.0 Å². The lowest BCUT2D eigenvalue weighted by molar-refractivity contribution is 0.0723. The first-order chi connectivity index (χ1) is 13.9. The molecule has 4 rings (SSSR count). The molecule has 0 spiro atoms. The van der Waals surface area contributed by atoms with Crippen molar-refractivity contribution >= 4 is 5.91 Å². The Kier molecular flexibility index (Phi) is 5.27. The number of hydrogen-bond acceptors (Lipinski definition) is 2. The highest BCUT2D eigenvalue weighted by molar-refractivity contribution is 5.94. The minimum atomic E-state index is 0.102. The molecule has 0 atom stereocenters. The maximum atomic E-state index is 13.2. The van der Waals surface area contributed by atoms with Gasteiger partial charge >= 0.3 is 0 Å². The highest BCUT2D eigenvalue weighted by Gasteiger charge is 2.34. The molecule has 1 aliphatic rings. The van der Waals surface area contributed by atoms with Gasteiger partial charge in [0, 0.05) is 30.5 Å². The summed E-state index contributed by atoms with van der Waals surface area (Å²) in [7, 11) is 0. The molecule has 1 heterocycles. The van der Waals surface area contributed by atoms with Gasteiger partial charge in [0.1, 0.15) is 5.82 Å². The molecule has 1 amide bonds. The van der Waals surface area contributed by atoms with Crippen LogP contribution in [0, 0.1) is 27.7 Å². The summed E-state index contributed by atoms with van der Waals surface area (Å²) in [6.45, 7) is 9.85. The van der Waals surface area contributed by atoms with E-state index in [2.05, 4.69) is 42.5 Å². The van der Waals surface area contributed by atoms with E-state index >= 15 is 0 Å². The zero-order valence-corrected chi connectivity index (χ0v) is 17.8. The van der Waals surface area contributed by atoms with Crippen LogP contribution in [0.25, 0.3) is 0 Å². The highest BCUT2D eigenvalue weighted by Crippen LogP contribution is 2.30. The minimum absolute atomic E-state index is 0.102. The highest BCUT2D eigenvalue weighted by atomic mass is 16.2. The van der Waals surface area contributed by atoms with Crippen molar-refractivity contribution in [2.75, 3.05) is 0 Å². The molecule has 0 N–H and O–H groups in total. The summed E-state index contributed by atoms with van der Waals surface area (Å²) in [6, 6.07) is 12.7. The lowest BCUT2D eigenvalue weighted by atomic mass is 10.00. The van der Waals surface area contributed by atoms with Crippen molar-refractivity contribution in [2.45, 2.75) is 59.7 Å². The summed E-state index contributed by atoms with van der Waals surface area (Å²) in [6.07, 6.45) is 6.02. The van der Waals surface area contributed by atoms with Gasteiger partial charge in [-0.25, -0.2) is 4.98 Å². The molecule has 1 fully saturated rings. The second kappa shape index (κ2) is 7.86. The normalized spacial score (nSPS) is 13.5. The van der Waals surface area contributed by atoms with Gasteiger partial charge in [0.15, 0.2) is 0 Å². The number of imidazole rings is 1. The van der Waals surface area contributed by atoms with Crippen LogP contribution in [0.4, 0.5) is 0 Å². The minimum Gasteiger partial charge on any atom is -0.329 e. The van der Waals surface area contributed by atoms with Gasteiger partial charge < -0.3 is 9.47 Å². The summed E-state index contributed by atoms with van der Waals surface area (Å²) >= 11 is 0. The molecule has 4 heteroatoms. The molecule has 29 heavy (non-hydrogen) atoms. The van der Waals surface area contributed by atoms with Crippen LogP contribution in [0.2, 0.25) is 0 Å². The second-order valence-electron chi connectivity index (χ2n) is 8.38. The average Bonchev–Trinajstić information content (AvgIpc) is 3.42. The van der Waals surface area contributed by atoms with E-state index in [0.717, 1.165) is 30.8 Å². The third-order valence-electron chi connectivity index (χ3n) is 5.83. The number of hydrogen-bond donors (Lipinski definition) is 0. The van der Waals surface area contributed by atoms with Crippen LogP contribution < -0.4 is 0 Å². The maximum Gasteiger partial charge on any atom is 0.254 e. The van der Waals surface area contributed by atoms with Gasteiger partial charge in [0.2, 0.25) is 0 Å². The fraction of sp³-hybridized carbons (Fsp3) is 0.360. The molecule has 2 aromatic carbocycles. The van der Waals surface area contributed by atoms with Crippen LogP contribution >= 0.6 is 0 Å². The predicted molar refractivity (Wildman–Crippen MR) is 116 cm³/mol. The first-order valence-electron chi connectivity index (χ1n) is 10.4. The molecular formula is C25H29N3O. The van der Waals surface area contributed by atoms with Crippen LogP contribution in [0.3, 0.4) is 0 Å². The van der Waals surface area contributed by atoms with Gasteiger partial charge in [-0.15, -0.1) is 0 Å². The quantitative estimate of drug-likeness (QED) is 0.599. The standard InChI is InChI=1S/C25H29N3O/c1-17-5-7-21(8-6-17)25(29)28(22-9-10-22)16-24-26-11-12-27(24)15-23-19(3)13-18(2)14-20(23)4/h5-8,11-14,22H,9-10,15-16H2,1-4H3. The Morgan fingerprint density at radius 1 is 1.03 bits per heavy atom. The monoisotopic (exact) mass is 387 g/mol. The van der Waals surface area contributed by atoms with Crippen molar-refractivity contribution in [1.29, 1.82) is 0 Å². The molecule has 0 radical (unpaired) electrons. The lowest BCUT2D eigenvalue weighted by Crippen LogP contribution is -2.33. The zero-order chi connectivity index (χ0) is 20.5. The molecular weight excluding hydrogens is 358 g/mol. The van der Waals surface area contributed by atoms with E-state index in [9.17, 15) is 4.79 Å². The third kappa shape index (κ3) is 4.26. The number of aromatic nitrogens is 2. The number of carbonyl (C=O) groups excluding carboxylic acids is 1. The summed E-state index contributed by atoms with van der Waals surface area (Å²) in [5, 5.41) is 0. The molecule has 0 bridgehead atoms. The summed E-state index contributed by atoms with van der Waals surface area (Å²) in [5.74, 6) is 1.04. The van der Waals surface area contributed by atoms with E-state index in [1.54, 1.807) is 0 Å². The maximum absolute atomic E-state index is 13.2. The smallest absolute Gasteiger partial charge is 0.254 e. The van der Waals surface area contributed by atoms with Crippen molar-refractivity contribution in [3.63, 3.8) is 0 Å². The summed E-state index contributed by atoms with van der Waals surface area (Å²) in [4.78, 5) is 19.8. The molecule has 1 saturated carbocycles. The predicted octanol–water partition coefficient (Wildman–Crippen LogP) is 4.97. The van der Waals surface area contributed by atoms with E-state index in [1.807, 2.05) is 48.5 Å². The lowest BCUT2D eigenvalue weighted by Gasteiger charge is -2.23. The molecule has 0 unspecified atom stereocenters. The Morgan fingerprint density at radius 2 is 1.69 bits per heavy atom. The number of nitrogens with zero attached hydrogens (tertiary/aromatic N) is 3. The topological polar surface area (TPSA) is 38.1 Å². The molecule has 4 nitrogen and oxygen atoms in total. The van der Waals surface area contributed by atoms with E-state index < -0.39 is 0 Å². The van der Waals surface area contributed by atoms with Crippen molar-refractivity contribution in [2.24, 2.45) is 0 Å². The van der Waals surface area contributed by atoms with Gasteiger partial charge in [-0.3, -0.25) is 4.79 Å². The van der Waals surface area contributed by atoms with Crippen LogP contribution in [0.5, 0.6) is 0 Å². The number of carbonyl (C=O) groups is 1. The second-order valence-corrected chi connectivity index (χ2v) is 8.38. The van der Waals surface area contributed by atoms with Crippen molar-refractivity contribution in [1.82, 2.24) is 14.5 Å². The van der Waals surface area contributed by atoms with Gasteiger partial charge in [0.25, 0.3) is 5.91 Å². The van der Waals surface area contributed by atoms with Gasteiger partial charge in [-0.2, -0.15) is 0 Å². The first kappa shape index (κ1) is 19.4. The third-order valence-corrected chi connectivity index (χ3v) is 5.83. The van der Waals surface area contributed by atoms with E-state index in [0.29, 0.717) is 12.6 Å². The molecule has 1 aromatic heterocycles. The van der Waals surface area contributed by atoms with Gasteiger partial charge in [0.05, 0.1) is 6.54 Å². The summed E-state index contributed by atoms with van der Waals surface area (Å²) < 4.78 is 2.18. The Balaban J connectivity index is 1.57. The zero-order valence-electron chi connectivity index (χ0n) is 17.8. The van der Waals surface area contributed by atoms with Crippen molar-refractivity contribution in [3.8, 4) is 0 Å². The largest absolute Gasteiger partial charge is 0.329 e. The fourth-order valence-electron chi connectivity index (χ4n) is 4.03. The van der Waals surface area contributed by atoms with Crippen LogP contribution in [-0.2, 0) is 13.1 Å². The van der Waals surface area contributed by atoms with E-state index in [1.165, 1.54) is 27.8 Å². The number of amides is 1. The Bertz CT molecular complexity index is 1010. The Hall–Kier alpha value is -2.88. The van der Waals surface area contributed by atoms with Crippen LogP contribution in [0.1, 0.15) is 56.8 Å². The molecule has 3 aromatic rings. The first-order valence-corrected chi connectivity index (χ1v) is 10.4. The van der Waals surface area contributed by atoms with Gasteiger partial charge in [-0.05, 0) is 69.4 Å². The molecule has 1 aliphatic carbocycles. The number of rotatable bonds is 6. The Morgan fingerprint density at radius 3 is 2.31 bits per heavy atom.